The molecule has 6 heterocycles. The van der Waals surface area contributed by atoms with Crippen LogP contribution in [0.25, 0.3) is 12.2 Å². The summed E-state index contributed by atoms with van der Waals surface area (Å²) in [5.41, 5.74) is 0.218. The van der Waals surface area contributed by atoms with E-state index in [2.05, 4.69) is 16.9 Å². The Labute approximate surface area is 423 Å². The molecule has 16 heteroatoms. The van der Waals surface area contributed by atoms with Crippen LogP contribution in [0.3, 0.4) is 0 Å². The van der Waals surface area contributed by atoms with Crippen LogP contribution in [0.2, 0.25) is 0 Å². The van der Waals surface area contributed by atoms with E-state index in [9.17, 15) is 39.6 Å². The summed E-state index contributed by atoms with van der Waals surface area (Å²) in [6.07, 6.45) is 5.82. The molecular weight excluding hydrogens is 933 g/mol. The first-order valence-electron chi connectivity index (χ1n) is 24.9. The van der Waals surface area contributed by atoms with Crippen LogP contribution in [0.1, 0.15) is 156 Å². The Morgan fingerprint density at radius 3 is 1.54 bits per heavy atom. The van der Waals surface area contributed by atoms with Gasteiger partial charge in [0.15, 0.2) is 0 Å². The number of carbonyl (C=O) groups is 4. The summed E-state index contributed by atoms with van der Waals surface area (Å²) in [7, 11) is 0. The van der Waals surface area contributed by atoms with Crippen molar-refractivity contribution in [1.29, 1.82) is 0 Å². The van der Waals surface area contributed by atoms with Crippen LogP contribution in [0.4, 0.5) is 0 Å². The average molecular weight is 1010 g/mol. The SMILES string of the molecule is C/C(=C\c1csc(C)n1)[C@@H]1C[C@@H]2O[C@]2(C)C/C=C/[C@H](C)[C@H](O)[C@@H](C)C(=O)C(C)(C)[C@@H](O)CC(=O)O1.C/C(=C\c1csc(C)n1)[C@@H]1C[C@@H]2O[C@]2(C)CCC[C@H](C)[C@H](O)[C@@H](C)C(=O)C(C)(C)[C@@H](O)CC(=O)O1. The van der Waals surface area contributed by atoms with Crippen molar-refractivity contribution in [3.05, 3.63) is 55.5 Å². The summed E-state index contributed by atoms with van der Waals surface area (Å²) in [6, 6.07) is 0. The Hall–Kier alpha value is -3.48. The monoisotopic (exact) mass is 1010 g/mol. The van der Waals surface area contributed by atoms with Crippen LogP contribution in [0.15, 0.2) is 34.1 Å². The maximum atomic E-state index is 13.2. The number of ketones is 2. The third-order valence-electron chi connectivity index (χ3n) is 15.4. The van der Waals surface area contributed by atoms with Crippen molar-refractivity contribution >= 4 is 58.3 Å². The van der Waals surface area contributed by atoms with Crippen LogP contribution in [-0.2, 0) is 38.1 Å². The Morgan fingerprint density at radius 2 is 1.10 bits per heavy atom. The van der Waals surface area contributed by atoms with Crippen molar-refractivity contribution in [2.24, 2.45) is 34.5 Å². The predicted octanol–water partition coefficient (Wildman–Crippen LogP) is 8.73. The second-order valence-electron chi connectivity index (χ2n) is 22.2. The lowest BCUT2D eigenvalue weighted by molar-refractivity contribution is -0.156. The first-order chi connectivity index (χ1) is 32.5. The molecule has 4 aliphatic heterocycles. The highest BCUT2D eigenvalue weighted by Crippen LogP contribution is 2.46. The van der Waals surface area contributed by atoms with Crippen molar-refractivity contribution < 1.29 is 58.6 Å². The van der Waals surface area contributed by atoms with Gasteiger partial charge in [-0.05, 0) is 90.0 Å². The molecule has 2 aromatic rings. The molecule has 0 radical (unpaired) electrons. The topological polar surface area (TPSA) is 218 Å². The summed E-state index contributed by atoms with van der Waals surface area (Å²) >= 11 is 3.11. The summed E-state index contributed by atoms with van der Waals surface area (Å²) in [4.78, 5) is 61.2. The molecule has 0 spiro atoms. The molecule has 0 bridgehead atoms. The lowest BCUT2D eigenvalue weighted by Gasteiger charge is -2.34. The van der Waals surface area contributed by atoms with Crippen LogP contribution >= 0.6 is 22.7 Å². The number of epoxide rings is 2. The number of ether oxygens (including phenoxy) is 4. The van der Waals surface area contributed by atoms with Crippen LogP contribution < -0.4 is 0 Å². The van der Waals surface area contributed by atoms with Gasteiger partial charge in [0.1, 0.15) is 23.8 Å². The van der Waals surface area contributed by atoms with E-state index in [1.165, 1.54) is 0 Å². The highest BCUT2D eigenvalue weighted by atomic mass is 32.1. The standard InChI is InChI=1S/C27H41NO6S.C27H39NO6S/c2*1-15-9-8-10-27(7)22(34-27)12-20(16(2)11-19-14-35-18(4)28-19)33-23(30)13-21(29)26(5,6)25(32)17(3)24(15)31/h11,14-15,17,20-22,24,29,31H,8-10,12-13H2,1-7H3;8-9,11,14-15,17,20-22,24,29,31H,10,12-13H2,1-7H3/b16-11+;9-8+,16-11+/t2*15-,17+,20-,21-,22-,24-,27+/m00/s1. The fourth-order valence-electron chi connectivity index (χ4n) is 9.74. The third-order valence-corrected chi connectivity index (χ3v) is 17.0. The van der Waals surface area contributed by atoms with Crippen LogP contribution in [-0.4, -0.2) is 114 Å². The quantitative estimate of drug-likeness (QED) is 0.128. The van der Waals surface area contributed by atoms with Gasteiger partial charge < -0.3 is 39.4 Å². The Kier molecular flexibility index (Phi) is 19.0. The number of nitrogens with zero attached hydrogens (tertiary/aromatic N) is 2. The van der Waals surface area contributed by atoms with E-state index in [4.69, 9.17) is 18.9 Å². The molecule has 4 aliphatic rings. The maximum absolute atomic E-state index is 13.2. The van der Waals surface area contributed by atoms with Crippen LogP contribution in [0.5, 0.6) is 0 Å². The summed E-state index contributed by atoms with van der Waals surface area (Å²) in [5, 5.41) is 49.1. The number of thiazole rings is 2. The molecular formula is C54H80N2O12S2. The summed E-state index contributed by atoms with van der Waals surface area (Å²) < 4.78 is 23.8. The van der Waals surface area contributed by atoms with Gasteiger partial charge in [-0.25, -0.2) is 9.97 Å². The zero-order valence-electron chi connectivity index (χ0n) is 43.8. The fraction of sp³-hybridized carbons (Fsp3) is 0.704. The van der Waals surface area contributed by atoms with Crippen molar-refractivity contribution in [3.63, 3.8) is 0 Å². The van der Waals surface area contributed by atoms with Crippen molar-refractivity contribution in [2.75, 3.05) is 0 Å². The predicted molar refractivity (Wildman–Crippen MR) is 272 cm³/mol. The maximum Gasteiger partial charge on any atom is 0.309 e. The molecule has 3 fully saturated rings. The lowest BCUT2D eigenvalue weighted by atomic mass is 9.73. The van der Waals surface area contributed by atoms with Crippen molar-refractivity contribution in [3.8, 4) is 0 Å². The normalized spacial score (nSPS) is 37.7. The van der Waals surface area contributed by atoms with E-state index >= 15 is 0 Å². The van der Waals surface area contributed by atoms with E-state index < -0.39 is 71.2 Å². The molecule has 0 amide bonds. The molecule has 6 rings (SSSR count). The van der Waals surface area contributed by atoms with Crippen LogP contribution in [0, 0.1) is 48.3 Å². The number of aryl methyl sites for hydroxylation is 2. The van der Waals surface area contributed by atoms with Gasteiger partial charge in [0.05, 0.1) is 92.9 Å². The van der Waals surface area contributed by atoms with E-state index in [1.54, 1.807) is 64.2 Å². The molecule has 390 valence electrons. The molecule has 70 heavy (non-hydrogen) atoms. The molecule has 0 unspecified atom stereocenters. The number of hydrogen-bond donors (Lipinski definition) is 4. The van der Waals surface area contributed by atoms with Gasteiger partial charge in [0.25, 0.3) is 0 Å². The number of aliphatic hydroxyl groups excluding tert-OH is 4. The number of fused-ring (bicyclic) bond motifs is 2. The van der Waals surface area contributed by atoms with Gasteiger partial charge in [-0.1, -0.05) is 74.0 Å². The Balaban J connectivity index is 0.000000261. The van der Waals surface area contributed by atoms with E-state index in [-0.39, 0.29) is 59.7 Å². The highest BCUT2D eigenvalue weighted by Gasteiger charge is 2.54. The Bertz CT molecular complexity index is 2260. The Morgan fingerprint density at radius 1 is 0.671 bits per heavy atom. The first-order valence-corrected chi connectivity index (χ1v) is 26.7. The minimum atomic E-state index is -1.25. The number of rotatable bonds is 4. The molecule has 14 nitrogen and oxygen atoms in total. The second-order valence-corrected chi connectivity index (χ2v) is 24.3. The number of carbonyl (C=O) groups excluding carboxylic acids is 4. The summed E-state index contributed by atoms with van der Waals surface area (Å²) in [5.74, 6) is -3.37. The number of Topliss-reactive ketones (excluding diaryl/α,β-unsaturated/α-hetero) is 2. The largest absolute Gasteiger partial charge is 0.458 e. The number of aromatic nitrogens is 2. The number of aliphatic hydroxyl groups is 4. The lowest BCUT2D eigenvalue weighted by Crippen LogP contribution is -2.45. The van der Waals surface area contributed by atoms with Gasteiger partial charge in [0, 0.05) is 41.4 Å². The van der Waals surface area contributed by atoms with Crippen molar-refractivity contribution in [2.45, 2.75) is 208 Å². The second kappa shape index (κ2) is 23.2. The van der Waals surface area contributed by atoms with Crippen molar-refractivity contribution in [1.82, 2.24) is 9.97 Å². The molecule has 4 N–H and O–H groups in total. The average Bonchev–Trinajstić information content (AvgIpc) is 3.94. The van der Waals surface area contributed by atoms with E-state index in [1.807, 2.05) is 83.5 Å². The smallest absolute Gasteiger partial charge is 0.309 e. The molecule has 0 aromatic carbocycles. The van der Waals surface area contributed by atoms with Gasteiger partial charge in [-0.15, -0.1) is 22.7 Å². The summed E-state index contributed by atoms with van der Waals surface area (Å²) in [6.45, 7) is 25.4. The molecule has 0 aliphatic carbocycles. The first kappa shape index (κ1) is 57.4. The molecule has 3 saturated heterocycles. The number of hydrogen-bond acceptors (Lipinski definition) is 16. The zero-order valence-corrected chi connectivity index (χ0v) is 45.4. The minimum absolute atomic E-state index is 0.0455. The van der Waals surface area contributed by atoms with Gasteiger partial charge in [-0.3, -0.25) is 19.2 Å². The zero-order chi connectivity index (χ0) is 52.3. The fourth-order valence-corrected chi connectivity index (χ4v) is 10.9. The molecule has 14 atom stereocenters. The van der Waals surface area contributed by atoms with Gasteiger partial charge in [0.2, 0.25) is 0 Å². The van der Waals surface area contributed by atoms with Gasteiger partial charge >= 0.3 is 11.9 Å². The third kappa shape index (κ3) is 14.4. The van der Waals surface area contributed by atoms with Gasteiger partial charge in [-0.2, -0.15) is 0 Å². The molecule has 2 aromatic heterocycles. The number of cyclic esters (lactones) is 2. The number of esters is 2. The highest BCUT2D eigenvalue weighted by molar-refractivity contribution is 7.09. The molecule has 0 saturated carbocycles. The minimum Gasteiger partial charge on any atom is -0.458 e. The van der Waals surface area contributed by atoms with E-state index in [0.717, 1.165) is 51.8 Å². The van der Waals surface area contributed by atoms with E-state index in [0.29, 0.717) is 19.3 Å².